The Morgan fingerprint density at radius 3 is 2.47 bits per heavy atom. The molecule has 148 valence electrons. The van der Waals surface area contributed by atoms with Crippen molar-refractivity contribution >= 4 is 59.4 Å². The van der Waals surface area contributed by atoms with Gasteiger partial charge in [0.2, 0.25) is 9.84 Å². The predicted octanol–water partition coefficient (Wildman–Crippen LogP) is 5.00. The number of hydrogen-bond acceptors (Lipinski definition) is 7. The number of hydrogen-bond donors (Lipinski definition) is 2. The second kappa shape index (κ2) is 7.08. The van der Waals surface area contributed by atoms with Crippen molar-refractivity contribution in [3.8, 4) is 0 Å². The molecule has 0 saturated carbocycles. The highest BCUT2D eigenvalue weighted by Crippen LogP contribution is 2.31. The van der Waals surface area contributed by atoms with Crippen molar-refractivity contribution in [3.63, 3.8) is 0 Å². The Hall–Kier alpha value is -3.49. The molecule has 0 aliphatic carbocycles. The summed E-state index contributed by atoms with van der Waals surface area (Å²) >= 11 is 1.58. The molecule has 0 aliphatic heterocycles. The number of anilines is 3. The molecule has 5 aromatic rings. The van der Waals surface area contributed by atoms with E-state index < -0.39 is 9.84 Å². The van der Waals surface area contributed by atoms with E-state index in [-0.39, 0.29) is 9.79 Å². The molecule has 5 rings (SSSR count). The Balaban J connectivity index is 1.59. The molecule has 8 heteroatoms. The molecule has 0 amide bonds. The average molecular weight is 433 g/mol. The van der Waals surface area contributed by atoms with Gasteiger partial charge in [0.25, 0.3) is 0 Å². The monoisotopic (exact) mass is 432 g/mol. The molecule has 0 radical (unpaired) electrons. The van der Waals surface area contributed by atoms with Crippen molar-refractivity contribution < 1.29 is 8.42 Å². The lowest BCUT2D eigenvalue weighted by atomic mass is 10.2. The fourth-order valence-electron chi connectivity index (χ4n) is 3.28. The fourth-order valence-corrected chi connectivity index (χ4v) is 5.22. The molecule has 0 atom stereocenters. The summed E-state index contributed by atoms with van der Waals surface area (Å²) in [5, 5.41) is 4.08. The SMILES string of the molecule is Nc1ccc(S(=O)(=O)c2ccc3nccc(Nc4ccc5scnc5c4)c3c2)cc1. The minimum absolute atomic E-state index is 0.198. The molecule has 0 unspecified atom stereocenters. The first-order valence-corrected chi connectivity index (χ1v) is 11.5. The van der Waals surface area contributed by atoms with Crippen LogP contribution in [0.3, 0.4) is 0 Å². The first-order valence-electron chi connectivity index (χ1n) is 9.10. The van der Waals surface area contributed by atoms with Crippen LogP contribution in [0.1, 0.15) is 0 Å². The summed E-state index contributed by atoms with van der Waals surface area (Å²) in [7, 11) is -3.68. The van der Waals surface area contributed by atoms with Crippen LogP contribution in [0.15, 0.2) is 88.2 Å². The number of nitrogens with two attached hydrogens (primary N) is 1. The molecule has 0 saturated heterocycles. The van der Waals surface area contributed by atoms with Crippen LogP contribution in [-0.4, -0.2) is 18.4 Å². The van der Waals surface area contributed by atoms with Crippen LogP contribution >= 0.6 is 11.3 Å². The van der Waals surface area contributed by atoms with Gasteiger partial charge in [-0.2, -0.15) is 0 Å². The van der Waals surface area contributed by atoms with Gasteiger partial charge < -0.3 is 11.1 Å². The zero-order chi connectivity index (χ0) is 20.7. The van der Waals surface area contributed by atoms with Crippen molar-refractivity contribution in [1.29, 1.82) is 0 Å². The lowest BCUT2D eigenvalue weighted by Gasteiger charge is -2.11. The summed E-state index contributed by atoms with van der Waals surface area (Å²) in [6, 6.07) is 18.9. The number of sulfone groups is 1. The Morgan fingerprint density at radius 2 is 1.63 bits per heavy atom. The fraction of sp³-hybridized carbons (Fsp3) is 0. The number of rotatable bonds is 4. The Morgan fingerprint density at radius 1 is 0.833 bits per heavy atom. The van der Waals surface area contributed by atoms with E-state index in [0.717, 1.165) is 21.6 Å². The third kappa shape index (κ3) is 3.26. The lowest BCUT2D eigenvalue weighted by molar-refractivity contribution is 0.596. The van der Waals surface area contributed by atoms with Crippen LogP contribution in [0.2, 0.25) is 0 Å². The van der Waals surface area contributed by atoms with E-state index in [0.29, 0.717) is 16.6 Å². The zero-order valence-corrected chi connectivity index (χ0v) is 17.2. The van der Waals surface area contributed by atoms with Gasteiger partial charge in [-0.1, -0.05) is 0 Å². The quantitative estimate of drug-likeness (QED) is 0.388. The number of nitrogens with zero attached hydrogens (tertiary/aromatic N) is 2. The third-order valence-electron chi connectivity index (χ3n) is 4.82. The van der Waals surface area contributed by atoms with Crippen molar-refractivity contribution in [3.05, 3.63) is 78.4 Å². The number of aromatic nitrogens is 2. The molecule has 0 bridgehead atoms. The van der Waals surface area contributed by atoms with Gasteiger partial charge in [-0.15, -0.1) is 11.3 Å². The Bertz CT molecular complexity index is 1490. The van der Waals surface area contributed by atoms with Gasteiger partial charge in [0, 0.05) is 28.6 Å². The van der Waals surface area contributed by atoms with Crippen LogP contribution in [0.25, 0.3) is 21.1 Å². The van der Waals surface area contributed by atoms with E-state index in [1.54, 1.807) is 47.9 Å². The molecule has 2 heterocycles. The summed E-state index contributed by atoms with van der Waals surface area (Å²) in [5.41, 5.74) is 11.3. The molecule has 3 aromatic carbocycles. The molecule has 6 nitrogen and oxygen atoms in total. The molecule has 0 spiro atoms. The number of nitrogen functional groups attached to an aromatic ring is 1. The lowest BCUT2D eigenvalue weighted by Crippen LogP contribution is -2.03. The van der Waals surface area contributed by atoms with E-state index in [1.807, 2.05) is 29.8 Å². The second-order valence-corrected chi connectivity index (χ2v) is 9.61. The minimum atomic E-state index is -3.68. The maximum absolute atomic E-state index is 13.1. The number of pyridine rings is 1. The predicted molar refractivity (Wildman–Crippen MR) is 121 cm³/mol. The topological polar surface area (TPSA) is 98.0 Å². The number of fused-ring (bicyclic) bond motifs is 2. The molecule has 3 N–H and O–H groups in total. The number of thiazole rings is 1. The normalized spacial score (nSPS) is 11.7. The van der Waals surface area contributed by atoms with Crippen LogP contribution in [0.5, 0.6) is 0 Å². The highest BCUT2D eigenvalue weighted by Gasteiger charge is 2.19. The zero-order valence-electron chi connectivity index (χ0n) is 15.6. The van der Waals surface area contributed by atoms with E-state index in [2.05, 4.69) is 15.3 Å². The maximum Gasteiger partial charge on any atom is 0.206 e. The molecule has 0 fully saturated rings. The Kier molecular flexibility index (Phi) is 4.38. The van der Waals surface area contributed by atoms with Crippen molar-refractivity contribution in [2.75, 3.05) is 11.1 Å². The highest BCUT2D eigenvalue weighted by molar-refractivity contribution is 7.91. The number of nitrogens with one attached hydrogen (secondary N) is 1. The summed E-state index contributed by atoms with van der Waals surface area (Å²) in [4.78, 5) is 9.12. The first-order chi connectivity index (χ1) is 14.5. The highest BCUT2D eigenvalue weighted by atomic mass is 32.2. The third-order valence-corrected chi connectivity index (χ3v) is 7.40. The van der Waals surface area contributed by atoms with Gasteiger partial charge in [0.1, 0.15) is 0 Å². The van der Waals surface area contributed by atoms with E-state index in [1.165, 1.54) is 12.1 Å². The standard InChI is InChI=1S/C22H16N4O2S2/c23-14-1-4-16(5-2-14)30(27,28)17-6-7-19-18(12-17)20(9-10-24-19)26-15-3-8-22-21(11-15)25-13-29-22/h1-13H,23H2,(H,24,26). The summed E-state index contributed by atoms with van der Waals surface area (Å²) in [6.07, 6.45) is 1.69. The van der Waals surface area contributed by atoms with Crippen LogP contribution in [-0.2, 0) is 9.84 Å². The van der Waals surface area contributed by atoms with E-state index in [9.17, 15) is 8.42 Å². The van der Waals surface area contributed by atoms with Gasteiger partial charge in [0.15, 0.2) is 0 Å². The van der Waals surface area contributed by atoms with Crippen LogP contribution < -0.4 is 11.1 Å². The minimum Gasteiger partial charge on any atom is -0.399 e. The van der Waals surface area contributed by atoms with Crippen molar-refractivity contribution in [1.82, 2.24) is 9.97 Å². The first kappa shape index (κ1) is 18.5. The summed E-state index contributed by atoms with van der Waals surface area (Å²) < 4.78 is 27.3. The molecule has 2 aromatic heterocycles. The van der Waals surface area contributed by atoms with E-state index >= 15 is 0 Å². The van der Waals surface area contributed by atoms with Gasteiger partial charge in [-0.25, -0.2) is 13.4 Å². The van der Waals surface area contributed by atoms with Gasteiger partial charge in [-0.3, -0.25) is 4.98 Å². The van der Waals surface area contributed by atoms with Crippen molar-refractivity contribution in [2.45, 2.75) is 9.79 Å². The smallest absolute Gasteiger partial charge is 0.206 e. The largest absolute Gasteiger partial charge is 0.399 e. The summed E-state index contributed by atoms with van der Waals surface area (Å²) in [6.45, 7) is 0. The van der Waals surface area contributed by atoms with Crippen LogP contribution in [0, 0.1) is 0 Å². The summed E-state index contributed by atoms with van der Waals surface area (Å²) in [5.74, 6) is 0. The molecular formula is C22H16N4O2S2. The van der Waals surface area contributed by atoms with Crippen LogP contribution in [0.4, 0.5) is 17.1 Å². The Labute approximate surface area is 177 Å². The molecule has 30 heavy (non-hydrogen) atoms. The van der Waals surface area contributed by atoms with Gasteiger partial charge in [0.05, 0.1) is 31.0 Å². The average Bonchev–Trinajstić information content (AvgIpc) is 3.22. The van der Waals surface area contributed by atoms with Crippen molar-refractivity contribution in [2.24, 2.45) is 0 Å². The molecular weight excluding hydrogens is 416 g/mol. The van der Waals surface area contributed by atoms with Gasteiger partial charge in [-0.05, 0) is 66.7 Å². The number of benzene rings is 3. The molecule has 0 aliphatic rings. The van der Waals surface area contributed by atoms with Gasteiger partial charge >= 0.3 is 0 Å². The van der Waals surface area contributed by atoms with E-state index in [4.69, 9.17) is 5.73 Å². The maximum atomic E-state index is 13.1. The second-order valence-electron chi connectivity index (χ2n) is 6.77.